The van der Waals surface area contributed by atoms with Crippen molar-refractivity contribution in [3.05, 3.63) is 30.3 Å². The van der Waals surface area contributed by atoms with Gasteiger partial charge >= 0.3 is 183 Å². The van der Waals surface area contributed by atoms with Gasteiger partial charge in [0.25, 0.3) is 0 Å². The van der Waals surface area contributed by atoms with Crippen LogP contribution in [0, 0.1) is 0 Å². The number of anilines is 1. The molecule has 30 heavy (non-hydrogen) atoms. The van der Waals surface area contributed by atoms with Gasteiger partial charge < -0.3 is 0 Å². The molecule has 0 amide bonds. The Kier molecular flexibility index (Phi) is 5.50. The fourth-order valence-corrected chi connectivity index (χ4v) is 10.6. The van der Waals surface area contributed by atoms with Crippen LogP contribution in [0.4, 0.5) is 5.69 Å². The van der Waals surface area contributed by atoms with Gasteiger partial charge in [-0.3, -0.25) is 0 Å². The zero-order chi connectivity index (χ0) is 22.8. The van der Waals surface area contributed by atoms with Gasteiger partial charge in [0, 0.05) is 0 Å². The van der Waals surface area contributed by atoms with Gasteiger partial charge in [0.15, 0.2) is 0 Å². The second kappa shape index (κ2) is 6.89. The zero-order valence-corrected chi connectivity index (χ0v) is 21.0. The predicted molar refractivity (Wildman–Crippen MR) is 128 cm³/mol. The van der Waals surface area contributed by atoms with Crippen molar-refractivity contribution in [2.75, 3.05) is 4.90 Å². The van der Waals surface area contributed by atoms with Gasteiger partial charge in [-0.1, -0.05) is 0 Å². The normalized spacial score (nSPS) is 28.0. The van der Waals surface area contributed by atoms with Crippen molar-refractivity contribution in [3.8, 4) is 0 Å². The van der Waals surface area contributed by atoms with Crippen LogP contribution in [0.5, 0.6) is 0 Å². The number of para-hydroxylation sites is 1. The van der Waals surface area contributed by atoms with Gasteiger partial charge in [-0.25, -0.2) is 0 Å². The first-order valence-electron chi connectivity index (χ1n) is 11.2. The van der Waals surface area contributed by atoms with E-state index in [0.717, 1.165) is 5.69 Å². The maximum atomic E-state index is 11.7. The Labute approximate surface area is 183 Å². The number of hydrogen-bond donors (Lipinski definition) is 4. The molecule has 2 aliphatic heterocycles. The topological polar surface area (TPSA) is 76.0 Å². The van der Waals surface area contributed by atoms with Gasteiger partial charge in [-0.15, -0.1) is 0 Å². The quantitative estimate of drug-likeness (QED) is 0.510. The van der Waals surface area contributed by atoms with E-state index < -0.39 is 18.6 Å². The van der Waals surface area contributed by atoms with Crippen molar-refractivity contribution < 1.29 is 14.7 Å². The van der Waals surface area contributed by atoms with Crippen LogP contribution in [0.3, 0.4) is 0 Å². The van der Waals surface area contributed by atoms with Crippen LogP contribution < -0.4 is 10.2 Å². The first kappa shape index (κ1) is 23.9. The van der Waals surface area contributed by atoms with Gasteiger partial charge in [0.05, 0.1) is 0 Å². The van der Waals surface area contributed by atoms with Crippen molar-refractivity contribution >= 4 is 13.0 Å². The summed E-state index contributed by atoms with van der Waals surface area (Å²) in [6.45, 7) is 16.9. The zero-order valence-electron chi connectivity index (χ0n) is 20.1. The first-order chi connectivity index (χ1) is 13.3. The molecule has 4 N–H and O–H groups in total. The third-order valence-electron chi connectivity index (χ3n) is 7.27. The van der Waals surface area contributed by atoms with Crippen LogP contribution in [-0.4, -0.2) is 48.2 Å². The average Bonchev–Trinajstić information content (AvgIpc) is 2.50. The number of piperidine rings is 2. The van der Waals surface area contributed by atoms with Gasteiger partial charge in [-0.05, 0) is 0 Å². The van der Waals surface area contributed by atoms with Crippen LogP contribution in [0.1, 0.15) is 81.1 Å². The Morgan fingerprint density at radius 3 is 1.57 bits per heavy atom. The molecule has 0 aromatic heterocycles. The van der Waals surface area contributed by atoms with Crippen LogP contribution in [0.25, 0.3) is 0 Å². The fraction of sp³-hybridized carbons (Fsp3) is 0.750. The molecular weight excluding hydrogens is 395 g/mol. The molecule has 0 atom stereocenters. The Bertz CT molecular complexity index is 747. The molecule has 0 unspecified atom stereocenters. The summed E-state index contributed by atoms with van der Waals surface area (Å²) in [5, 5.41) is 3.59. The molecule has 5 nitrogen and oxygen atoms in total. The van der Waals surface area contributed by atoms with Crippen molar-refractivity contribution in [3.63, 3.8) is 0 Å². The van der Waals surface area contributed by atoms with E-state index in [-0.39, 0.29) is 22.2 Å². The Morgan fingerprint density at radius 2 is 1.13 bits per heavy atom. The third kappa shape index (κ3) is 4.42. The number of rotatable bonds is 3. The molecule has 6 heteroatoms. The second-order valence-corrected chi connectivity index (χ2v) is 16.1. The molecule has 1 aromatic rings. The monoisotopic (exact) mass is 438 g/mol. The molecule has 2 aliphatic rings. The van der Waals surface area contributed by atoms with Gasteiger partial charge in [0.2, 0.25) is 0 Å². The minimum absolute atomic E-state index is 0.264. The molecule has 2 fully saturated rings. The third-order valence-corrected chi connectivity index (χ3v) is 10.8. The molecule has 172 valence electrons. The van der Waals surface area contributed by atoms with E-state index in [4.69, 9.17) is 0 Å². The van der Waals surface area contributed by atoms with Crippen molar-refractivity contribution in [2.45, 2.75) is 115 Å². The van der Waals surface area contributed by atoms with E-state index in [2.05, 4.69) is 77.7 Å². The Morgan fingerprint density at radius 1 is 0.733 bits per heavy atom. The van der Waals surface area contributed by atoms with Crippen molar-refractivity contribution in [1.29, 1.82) is 0 Å². The van der Waals surface area contributed by atoms with Crippen LogP contribution in [0.2, 0.25) is 0 Å². The molecule has 0 spiro atoms. The maximum absolute atomic E-state index is 11.7. The van der Waals surface area contributed by atoms with E-state index in [9.17, 15) is 14.7 Å². The number of nitrogens with zero attached hydrogens (tertiary/aromatic N) is 1. The molecule has 3 rings (SSSR count). The standard InChI is InChI=1S/C24H43N2O3P/c1-21(2)14-19(15-22(3,4)25-21)30(27,28,29)20-16-23(5,6)26(24(7,8)17-20)18-12-10-9-11-13-18/h9-13,19-20,25,27-29H,14-17H2,1-8H3. The molecule has 0 bridgehead atoms. The molecule has 0 aliphatic carbocycles. The van der Waals surface area contributed by atoms with E-state index in [1.165, 1.54) is 0 Å². The molecule has 0 saturated carbocycles. The summed E-state index contributed by atoms with van der Waals surface area (Å²) in [6.07, 6.45) is 2.18. The molecule has 0 radical (unpaired) electrons. The first-order valence-corrected chi connectivity index (χ1v) is 13.5. The summed E-state index contributed by atoms with van der Waals surface area (Å²) in [5.41, 5.74) is -1.10. The summed E-state index contributed by atoms with van der Waals surface area (Å²) < 4.78 is 0. The van der Waals surface area contributed by atoms with Gasteiger partial charge in [-0.2, -0.15) is 0 Å². The molecular formula is C24H43N2O3P. The van der Waals surface area contributed by atoms with E-state index in [0.29, 0.717) is 25.7 Å². The summed E-state index contributed by atoms with van der Waals surface area (Å²) >= 11 is 0. The predicted octanol–water partition coefficient (Wildman–Crippen LogP) is 4.80. The average molecular weight is 439 g/mol. The summed E-state index contributed by atoms with van der Waals surface area (Å²) in [5.74, 6) is 0. The Balaban J connectivity index is 1.98. The number of nitrogens with one attached hydrogen (secondary N) is 1. The summed E-state index contributed by atoms with van der Waals surface area (Å²) in [6, 6.07) is 10.3. The van der Waals surface area contributed by atoms with Crippen LogP contribution >= 0.6 is 7.28 Å². The summed E-state index contributed by atoms with van der Waals surface area (Å²) in [4.78, 5) is 37.5. The summed E-state index contributed by atoms with van der Waals surface area (Å²) in [7, 11) is -4.95. The van der Waals surface area contributed by atoms with Crippen molar-refractivity contribution in [2.24, 2.45) is 0 Å². The van der Waals surface area contributed by atoms with E-state index >= 15 is 0 Å². The van der Waals surface area contributed by atoms with Crippen molar-refractivity contribution in [1.82, 2.24) is 5.32 Å². The number of benzene rings is 1. The molecule has 2 saturated heterocycles. The fourth-order valence-electron chi connectivity index (χ4n) is 6.77. The van der Waals surface area contributed by atoms with E-state index in [1.54, 1.807) is 0 Å². The SMILES string of the molecule is CC1(C)CC(P(O)(O)(O)C2CC(C)(C)N(c3ccccc3)C(C)(C)C2)CC(C)(C)N1. The van der Waals surface area contributed by atoms with Gasteiger partial charge in [0.1, 0.15) is 0 Å². The molecule has 1 aromatic carbocycles. The van der Waals surface area contributed by atoms with E-state index in [1.807, 2.05) is 18.2 Å². The molecule has 2 heterocycles. The second-order valence-electron chi connectivity index (χ2n) is 12.4. The Hall–Kier alpha value is -0.710. The number of hydrogen-bond acceptors (Lipinski definition) is 5. The van der Waals surface area contributed by atoms with Crippen LogP contribution in [-0.2, 0) is 0 Å². The van der Waals surface area contributed by atoms with Crippen LogP contribution in [0.15, 0.2) is 30.3 Å². The minimum atomic E-state index is -4.95.